The van der Waals surface area contributed by atoms with Gasteiger partial charge in [0.25, 0.3) is 15.9 Å². The number of aryl methyl sites for hydroxylation is 1. The Labute approximate surface area is 118 Å². The molecule has 106 valence electrons. The third kappa shape index (κ3) is 2.14. The molecule has 6 heteroatoms. The van der Waals surface area contributed by atoms with E-state index in [9.17, 15) is 13.2 Å². The van der Waals surface area contributed by atoms with Crippen molar-refractivity contribution in [1.82, 2.24) is 9.84 Å². The summed E-state index contributed by atoms with van der Waals surface area (Å²) in [5.41, 5.74) is 3.77. The smallest absolute Gasteiger partial charge is 0.272 e. The molecule has 2 unspecified atom stereocenters. The second kappa shape index (κ2) is 4.71. The number of hydrogen-bond donors (Lipinski definition) is 1. The summed E-state index contributed by atoms with van der Waals surface area (Å²) < 4.78 is 25.9. The Balaban J connectivity index is 1.97. The van der Waals surface area contributed by atoms with E-state index in [0.717, 1.165) is 9.98 Å². The molecule has 1 aliphatic carbocycles. The van der Waals surface area contributed by atoms with E-state index in [0.29, 0.717) is 12.8 Å². The first-order valence-corrected chi connectivity index (χ1v) is 8.01. The molecule has 2 aliphatic rings. The van der Waals surface area contributed by atoms with Crippen molar-refractivity contribution in [2.75, 3.05) is 0 Å². The molecule has 1 aliphatic heterocycles. The lowest BCUT2D eigenvalue weighted by atomic mass is 9.89. The summed E-state index contributed by atoms with van der Waals surface area (Å²) in [5.74, 6) is -0.613. The van der Waals surface area contributed by atoms with Crippen LogP contribution in [0.1, 0.15) is 18.4 Å². The molecule has 0 aromatic heterocycles. The highest BCUT2D eigenvalue weighted by molar-refractivity contribution is 7.89. The lowest BCUT2D eigenvalue weighted by molar-refractivity contribution is -0.136. The van der Waals surface area contributed by atoms with Crippen molar-refractivity contribution in [2.24, 2.45) is 5.92 Å². The van der Waals surface area contributed by atoms with Gasteiger partial charge in [-0.3, -0.25) is 4.79 Å². The van der Waals surface area contributed by atoms with Crippen molar-refractivity contribution in [1.29, 1.82) is 0 Å². The number of amides is 1. The first-order valence-electron chi connectivity index (χ1n) is 6.57. The second-order valence-corrected chi connectivity index (χ2v) is 7.04. The number of fused-ring (bicyclic) bond motifs is 2. The number of allylic oxidation sites excluding steroid dienone is 1. The van der Waals surface area contributed by atoms with Crippen LogP contribution in [0.3, 0.4) is 0 Å². The minimum absolute atomic E-state index is 0.0910. The van der Waals surface area contributed by atoms with Crippen LogP contribution in [0.25, 0.3) is 0 Å². The van der Waals surface area contributed by atoms with Crippen molar-refractivity contribution in [2.45, 2.75) is 30.7 Å². The first kappa shape index (κ1) is 13.3. The van der Waals surface area contributed by atoms with Gasteiger partial charge < -0.3 is 0 Å². The van der Waals surface area contributed by atoms with E-state index < -0.39 is 10.0 Å². The van der Waals surface area contributed by atoms with Gasteiger partial charge in [0.2, 0.25) is 0 Å². The predicted octanol–water partition coefficient (Wildman–Crippen LogP) is 1.37. The number of hydrazine groups is 1. The van der Waals surface area contributed by atoms with Gasteiger partial charge >= 0.3 is 0 Å². The molecule has 1 saturated heterocycles. The number of sulfonamides is 1. The van der Waals surface area contributed by atoms with Crippen LogP contribution in [0.15, 0.2) is 41.3 Å². The summed E-state index contributed by atoms with van der Waals surface area (Å²) in [6.45, 7) is 1.88. The van der Waals surface area contributed by atoms with E-state index in [4.69, 9.17) is 0 Å². The van der Waals surface area contributed by atoms with Gasteiger partial charge in [-0.25, -0.2) is 5.43 Å². The van der Waals surface area contributed by atoms with Gasteiger partial charge in [-0.1, -0.05) is 29.8 Å². The van der Waals surface area contributed by atoms with Crippen LogP contribution in [-0.4, -0.2) is 24.8 Å². The van der Waals surface area contributed by atoms with E-state index in [-0.39, 0.29) is 22.8 Å². The van der Waals surface area contributed by atoms with E-state index >= 15 is 0 Å². The normalized spacial score (nSPS) is 25.9. The molecule has 0 radical (unpaired) electrons. The molecule has 1 aromatic carbocycles. The van der Waals surface area contributed by atoms with Crippen LogP contribution < -0.4 is 5.43 Å². The van der Waals surface area contributed by atoms with Gasteiger partial charge in [0.15, 0.2) is 0 Å². The van der Waals surface area contributed by atoms with Gasteiger partial charge in [0.1, 0.15) is 0 Å². The lowest BCUT2D eigenvalue weighted by Crippen LogP contribution is -2.58. The summed E-state index contributed by atoms with van der Waals surface area (Å²) in [4.78, 5) is 12.4. The summed E-state index contributed by atoms with van der Waals surface area (Å²) >= 11 is 0. The van der Waals surface area contributed by atoms with E-state index in [1.54, 1.807) is 12.1 Å². The molecule has 5 nitrogen and oxygen atoms in total. The van der Waals surface area contributed by atoms with Crippen LogP contribution in [0.5, 0.6) is 0 Å². The standard InChI is InChI=1S/C14H16N2O3S/c1-10-5-7-13(8-6-10)20(18,19)16-14(17)11-3-2-4-12(9-11)15-16/h2,4-8,11-12,15H,3,9H2,1H3. The average molecular weight is 292 g/mol. The number of benzene rings is 1. The average Bonchev–Trinajstić information content (AvgIpc) is 2.43. The molecular formula is C14H16N2O3S. The Hall–Kier alpha value is -1.66. The zero-order chi connectivity index (χ0) is 14.3. The van der Waals surface area contributed by atoms with Gasteiger partial charge in [0, 0.05) is 12.0 Å². The van der Waals surface area contributed by atoms with Crippen LogP contribution in [-0.2, 0) is 14.8 Å². The van der Waals surface area contributed by atoms with Crippen molar-refractivity contribution < 1.29 is 13.2 Å². The van der Waals surface area contributed by atoms with Crippen LogP contribution in [0.2, 0.25) is 0 Å². The molecule has 0 spiro atoms. The van der Waals surface area contributed by atoms with Crippen molar-refractivity contribution in [3.8, 4) is 0 Å². The maximum atomic E-state index is 12.6. The number of nitrogens with zero attached hydrogens (tertiary/aromatic N) is 1. The Bertz CT molecular complexity index is 664. The third-order valence-electron chi connectivity index (χ3n) is 3.72. The minimum atomic E-state index is -3.83. The maximum Gasteiger partial charge on any atom is 0.280 e. The number of carbonyl (C=O) groups excluding carboxylic acids is 1. The van der Waals surface area contributed by atoms with Crippen molar-refractivity contribution in [3.63, 3.8) is 0 Å². The molecule has 1 fully saturated rings. The van der Waals surface area contributed by atoms with E-state index in [2.05, 4.69) is 5.43 Å². The zero-order valence-electron chi connectivity index (χ0n) is 11.1. The molecule has 1 heterocycles. The fraction of sp³-hybridized carbons (Fsp3) is 0.357. The van der Waals surface area contributed by atoms with Crippen LogP contribution in [0.4, 0.5) is 0 Å². The second-order valence-electron chi connectivity index (χ2n) is 5.25. The highest BCUT2D eigenvalue weighted by atomic mass is 32.2. The summed E-state index contributed by atoms with van der Waals surface area (Å²) in [6.07, 6.45) is 5.12. The summed E-state index contributed by atoms with van der Waals surface area (Å²) in [5, 5.41) is 0. The number of nitrogens with one attached hydrogen (secondary N) is 1. The predicted molar refractivity (Wildman–Crippen MR) is 74.0 cm³/mol. The molecule has 2 atom stereocenters. The SMILES string of the molecule is Cc1ccc(S(=O)(=O)N2NC3C=CCC(C3)C2=O)cc1. The lowest BCUT2D eigenvalue weighted by Gasteiger charge is -2.37. The Morgan fingerprint density at radius 2 is 1.95 bits per heavy atom. The zero-order valence-corrected chi connectivity index (χ0v) is 11.9. The number of hydrogen-bond acceptors (Lipinski definition) is 4. The van der Waals surface area contributed by atoms with Gasteiger partial charge in [-0.15, -0.1) is 0 Å². The third-order valence-corrected chi connectivity index (χ3v) is 5.35. The van der Waals surface area contributed by atoms with Gasteiger partial charge in [-0.2, -0.15) is 12.8 Å². The molecular weight excluding hydrogens is 276 g/mol. The molecule has 3 rings (SSSR count). The highest BCUT2D eigenvalue weighted by Gasteiger charge is 2.41. The van der Waals surface area contributed by atoms with Crippen LogP contribution >= 0.6 is 0 Å². The van der Waals surface area contributed by atoms with Crippen LogP contribution in [0, 0.1) is 12.8 Å². The fourth-order valence-electron chi connectivity index (χ4n) is 2.57. The number of rotatable bonds is 2. The topological polar surface area (TPSA) is 66.5 Å². The monoisotopic (exact) mass is 292 g/mol. The van der Waals surface area contributed by atoms with E-state index in [1.807, 2.05) is 19.1 Å². The van der Waals surface area contributed by atoms with Crippen molar-refractivity contribution in [3.05, 3.63) is 42.0 Å². The maximum absolute atomic E-state index is 12.6. The van der Waals surface area contributed by atoms with E-state index in [1.165, 1.54) is 12.1 Å². The largest absolute Gasteiger partial charge is 0.280 e. The Morgan fingerprint density at radius 3 is 2.65 bits per heavy atom. The van der Waals surface area contributed by atoms with Gasteiger partial charge in [-0.05, 0) is 31.9 Å². The Morgan fingerprint density at radius 1 is 1.25 bits per heavy atom. The molecule has 1 amide bonds. The summed E-state index contributed by atoms with van der Waals surface area (Å²) in [7, 11) is -3.83. The molecule has 1 aromatic rings. The fourth-order valence-corrected chi connectivity index (χ4v) is 3.92. The quantitative estimate of drug-likeness (QED) is 0.836. The Kier molecular flexibility index (Phi) is 3.14. The molecule has 2 bridgehead atoms. The molecule has 0 saturated carbocycles. The molecule has 1 N–H and O–H groups in total. The minimum Gasteiger partial charge on any atom is -0.272 e. The summed E-state index contributed by atoms with van der Waals surface area (Å²) in [6, 6.07) is 6.41. The highest BCUT2D eigenvalue weighted by Crippen LogP contribution is 2.28. The number of carbonyl (C=O) groups is 1. The first-order chi connectivity index (χ1) is 9.48. The van der Waals surface area contributed by atoms with Gasteiger partial charge in [0.05, 0.1) is 4.90 Å². The van der Waals surface area contributed by atoms with Crippen molar-refractivity contribution >= 4 is 15.9 Å². The molecule has 20 heavy (non-hydrogen) atoms.